The van der Waals surface area contributed by atoms with Gasteiger partial charge in [0.25, 0.3) is 0 Å². The van der Waals surface area contributed by atoms with Crippen LogP contribution in [0.25, 0.3) is 0 Å². The van der Waals surface area contributed by atoms with Crippen LogP contribution >= 0.6 is 0 Å². The van der Waals surface area contributed by atoms with E-state index >= 15 is 0 Å². The molecule has 2 aromatic rings. The number of nitrogens with one attached hydrogen (secondary N) is 1. The van der Waals surface area contributed by atoms with Crippen molar-refractivity contribution in [1.82, 2.24) is 10.2 Å². The molecule has 0 saturated carbocycles. The number of nitrogens with zero attached hydrogens (tertiary/aromatic N) is 2. The Morgan fingerprint density at radius 3 is 2.14 bits per heavy atom. The Morgan fingerprint density at radius 1 is 1.00 bits per heavy atom. The highest BCUT2D eigenvalue weighted by atomic mass is 32.2. The van der Waals surface area contributed by atoms with Gasteiger partial charge in [-0.1, -0.05) is 18.2 Å². The summed E-state index contributed by atoms with van der Waals surface area (Å²) in [6.07, 6.45) is 1.03. The number of sulfonamides is 1. The molecule has 0 aliphatic carbocycles. The van der Waals surface area contributed by atoms with Gasteiger partial charge in [-0.2, -0.15) is 0 Å². The van der Waals surface area contributed by atoms with E-state index in [-0.39, 0.29) is 24.2 Å². The summed E-state index contributed by atoms with van der Waals surface area (Å²) in [6.45, 7) is 6.72. The third-order valence-electron chi connectivity index (χ3n) is 5.39. The monoisotopic (exact) mass is 505 g/mol. The van der Waals surface area contributed by atoms with Gasteiger partial charge in [0.15, 0.2) is 0 Å². The minimum absolute atomic E-state index is 0.109. The number of carbonyl (C=O) groups is 2. The second-order valence-electron chi connectivity index (χ2n) is 8.65. The van der Waals surface area contributed by atoms with Crippen LogP contribution in [0.5, 0.6) is 11.5 Å². The lowest BCUT2D eigenvalue weighted by Crippen LogP contribution is -2.52. The fraction of sp³-hybridized carbons (Fsp3) is 0.440. The minimum atomic E-state index is -3.85. The Kier molecular flexibility index (Phi) is 9.53. The summed E-state index contributed by atoms with van der Waals surface area (Å²) >= 11 is 0. The highest BCUT2D eigenvalue weighted by Crippen LogP contribution is 2.31. The fourth-order valence-corrected chi connectivity index (χ4v) is 4.35. The fourth-order valence-electron chi connectivity index (χ4n) is 3.51. The molecule has 0 spiro atoms. The normalized spacial score (nSPS) is 12.1. The number of hydrogen-bond donors (Lipinski definition) is 1. The Balaban J connectivity index is 2.45. The topological polar surface area (TPSA) is 105 Å². The maximum absolute atomic E-state index is 13.6. The second kappa shape index (κ2) is 11.9. The predicted molar refractivity (Wildman–Crippen MR) is 136 cm³/mol. The Labute approximate surface area is 208 Å². The van der Waals surface area contributed by atoms with Gasteiger partial charge in [-0.25, -0.2) is 8.42 Å². The Bertz CT molecular complexity index is 1130. The van der Waals surface area contributed by atoms with Crippen molar-refractivity contribution < 1.29 is 27.5 Å². The molecule has 0 aromatic heterocycles. The number of hydrogen-bond acceptors (Lipinski definition) is 6. The average molecular weight is 506 g/mol. The number of rotatable bonds is 11. The van der Waals surface area contributed by atoms with E-state index in [4.69, 9.17) is 9.47 Å². The molecule has 0 heterocycles. The van der Waals surface area contributed by atoms with Crippen LogP contribution in [0.1, 0.15) is 31.9 Å². The van der Waals surface area contributed by atoms with Crippen LogP contribution in [0.2, 0.25) is 0 Å². The van der Waals surface area contributed by atoms with Crippen molar-refractivity contribution in [1.29, 1.82) is 0 Å². The first kappa shape index (κ1) is 28.0. The van der Waals surface area contributed by atoms with Gasteiger partial charge in [0, 0.05) is 12.6 Å². The van der Waals surface area contributed by atoms with Crippen LogP contribution in [0.3, 0.4) is 0 Å². The number of benzene rings is 2. The van der Waals surface area contributed by atoms with Crippen LogP contribution in [0.15, 0.2) is 42.5 Å². The van der Waals surface area contributed by atoms with Crippen molar-refractivity contribution in [3.05, 3.63) is 53.6 Å². The van der Waals surface area contributed by atoms with Gasteiger partial charge in [0.05, 0.1) is 26.2 Å². The van der Waals surface area contributed by atoms with Gasteiger partial charge in [-0.3, -0.25) is 13.9 Å². The smallest absolute Gasteiger partial charge is 0.244 e. The van der Waals surface area contributed by atoms with Crippen LogP contribution < -0.4 is 19.1 Å². The molecule has 35 heavy (non-hydrogen) atoms. The van der Waals surface area contributed by atoms with Crippen molar-refractivity contribution >= 4 is 27.5 Å². The van der Waals surface area contributed by atoms with Gasteiger partial charge < -0.3 is 19.7 Å². The Hall–Kier alpha value is -3.27. The number of ether oxygens (including phenoxy) is 2. The molecule has 9 nitrogen and oxygen atoms in total. The average Bonchev–Trinajstić information content (AvgIpc) is 2.79. The van der Waals surface area contributed by atoms with Gasteiger partial charge in [0.2, 0.25) is 21.8 Å². The molecule has 0 saturated heterocycles. The molecule has 0 unspecified atom stereocenters. The molecular formula is C25H35N3O6S. The highest BCUT2D eigenvalue weighted by molar-refractivity contribution is 7.92. The quantitative estimate of drug-likeness (QED) is 0.504. The second-order valence-corrected chi connectivity index (χ2v) is 10.6. The van der Waals surface area contributed by atoms with Crippen LogP contribution in [0, 0.1) is 6.92 Å². The van der Waals surface area contributed by atoms with E-state index in [1.165, 1.54) is 12.0 Å². The summed E-state index contributed by atoms with van der Waals surface area (Å²) in [5.41, 5.74) is 1.83. The van der Waals surface area contributed by atoms with Gasteiger partial charge in [-0.15, -0.1) is 0 Å². The van der Waals surface area contributed by atoms with Gasteiger partial charge >= 0.3 is 0 Å². The van der Waals surface area contributed by atoms with Crippen molar-refractivity contribution in [3.63, 3.8) is 0 Å². The number of aryl methyl sites for hydroxylation is 1. The summed E-state index contributed by atoms with van der Waals surface area (Å²) in [5, 5.41) is 2.82. The van der Waals surface area contributed by atoms with Crippen LogP contribution in [-0.2, 0) is 26.2 Å². The number of anilines is 1. The summed E-state index contributed by atoms with van der Waals surface area (Å²) in [4.78, 5) is 27.8. The molecule has 2 rings (SSSR count). The summed E-state index contributed by atoms with van der Waals surface area (Å²) < 4.78 is 37.1. The largest absolute Gasteiger partial charge is 0.497 e. The van der Waals surface area contributed by atoms with E-state index in [9.17, 15) is 18.0 Å². The van der Waals surface area contributed by atoms with E-state index in [2.05, 4.69) is 5.32 Å². The molecule has 192 valence electrons. The molecule has 2 aromatic carbocycles. The Morgan fingerprint density at radius 2 is 1.63 bits per heavy atom. The van der Waals surface area contributed by atoms with E-state index in [0.717, 1.165) is 21.7 Å². The first-order chi connectivity index (χ1) is 16.4. The highest BCUT2D eigenvalue weighted by Gasteiger charge is 2.31. The van der Waals surface area contributed by atoms with Gasteiger partial charge in [0.1, 0.15) is 24.1 Å². The molecule has 0 radical (unpaired) electrons. The summed E-state index contributed by atoms with van der Waals surface area (Å²) in [5.74, 6) is 0.121. The first-order valence-corrected chi connectivity index (χ1v) is 13.1. The van der Waals surface area contributed by atoms with Gasteiger partial charge in [-0.05, 0) is 63.1 Å². The molecule has 1 atom stereocenters. The number of carbonyl (C=O) groups excluding carboxylic acids is 2. The van der Waals surface area contributed by atoms with E-state index < -0.39 is 28.5 Å². The minimum Gasteiger partial charge on any atom is -0.497 e. The molecule has 0 bridgehead atoms. The lowest BCUT2D eigenvalue weighted by atomic mass is 10.1. The zero-order valence-corrected chi connectivity index (χ0v) is 22.2. The van der Waals surface area contributed by atoms with Crippen LogP contribution in [0.4, 0.5) is 5.69 Å². The third-order valence-corrected chi connectivity index (χ3v) is 6.52. The SMILES string of the molecule is COc1ccc(CN(C(=O)CN(c2cc(C)ccc2OC)S(C)(=O)=O)[C@H](C)C(=O)NC(C)C)cc1. The zero-order valence-electron chi connectivity index (χ0n) is 21.4. The number of methoxy groups -OCH3 is 2. The molecular weight excluding hydrogens is 470 g/mol. The predicted octanol–water partition coefficient (Wildman–Crippen LogP) is 2.72. The molecule has 1 N–H and O–H groups in total. The van der Waals surface area contributed by atoms with Crippen molar-refractivity contribution in [3.8, 4) is 11.5 Å². The first-order valence-electron chi connectivity index (χ1n) is 11.2. The molecule has 0 aliphatic heterocycles. The maximum atomic E-state index is 13.6. The third kappa shape index (κ3) is 7.61. The summed E-state index contributed by atoms with van der Waals surface area (Å²) in [7, 11) is -0.861. The van der Waals surface area contributed by atoms with Crippen molar-refractivity contribution in [2.24, 2.45) is 0 Å². The molecule has 10 heteroatoms. The summed E-state index contributed by atoms with van der Waals surface area (Å²) in [6, 6.07) is 11.2. The molecule has 0 aliphatic rings. The lowest BCUT2D eigenvalue weighted by Gasteiger charge is -2.32. The lowest BCUT2D eigenvalue weighted by molar-refractivity contribution is -0.139. The van der Waals surface area contributed by atoms with Crippen molar-refractivity contribution in [2.75, 3.05) is 31.3 Å². The van der Waals surface area contributed by atoms with Crippen LogP contribution in [-0.4, -0.2) is 64.2 Å². The van der Waals surface area contributed by atoms with E-state index in [1.54, 1.807) is 56.5 Å². The van der Waals surface area contributed by atoms with Crippen molar-refractivity contribution in [2.45, 2.75) is 46.3 Å². The maximum Gasteiger partial charge on any atom is 0.244 e. The zero-order chi connectivity index (χ0) is 26.3. The van der Waals surface area contributed by atoms with E-state index in [0.29, 0.717) is 11.5 Å². The molecule has 2 amide bonds. The number of amides is 2. The standard InChI is InChI=1S/C25H35N3O6S/c1-17(2)26-25(30)19(4)27(15-20-9-11-21(33-5)12-10-20)24(29)16-28(35(7,31)32)22-14-18(3)8-13-23(22)34-6/h8-14,17,19H,15-16H2,1-7H3,(H,26,30)/t19-/m1/s1. The molecule has 0 fully saturated rings. The van der Waals surface area contributed by atoms with E-state index in [1.807, 2.05) is 20.8 Å².